The minimum atomic E-state index is 0.268. The average molecular weight is 264 g/mol. The standard InChI is InChI=1S/C14H24N4O/c1-2-10-18(13-4-8-15-9-5-13)14(19)6-12-17-11-3-7-16-17/h3,7,11,13,15H,2,4-6,8-10,12H2,1H3. The van der Waals surface area contributed by atoms with Gasteiger partial charge in [-0.1, -0.05) is 6.92 Å². The second kappa shape index (κ2) is 7.28. The highest BCUT2D eigenvalue weighted by Gasteiger charge is 2.24. The van der Waals surface area contributed by atoms with E-state index in [0.717, 1.165) is 38.9 Å². The fraction of sp³-hybridized carbons (Fsp3) is 0.714. The van der Waals surface area contributed by atoms with Gasteiger partial charge in [-0.05, 0) is 38.4 Å². The maximum absolute atomic E-state index is 12.4. The lowest BCUT2D eigenvalue weighted by atomic mass is 10.0. The monoisotopic (exact) mass is 264 g/mol. The molecule has 0 spiro atoms. The number of amides is 1. The summed E-state index contributed by atoms with van der Waals surface area (Å²) in [5.41, 5.74) is 0. The first kappa shape index (κ1) is 14.1. The van der Waals surface area contributed by atoms with Crippen LogP contribution in [0.2, 0.25) is 0 Å². The molecule has 1 aromatic heterocycles. The van der Waals surface area contributed by atoms with Crippen molar-refractivity contribution in [3.8, 4) is 0 Å². The van der Waals surface area contributed by atoms with Crippen LogP contribution in [0.15, 0.2) is 18.5 Å². The molecule has 2 heterocycles. The fourth-order valence-corrected chi connectivity index (χ4v) is 2.66. The van der Waals surface area contributed by atoms with Gasteiger partial charge in [0.05, 0.1) is 0 Å². The highest BCUT2D eigenvalue weighted by Crippen LogP contribution is 2.14. The molecule has 1 saturated heterocycles. The Hall–Kier alpha value is -1.36. The van der Waals surface area contributed by atoms with Crippen molar-refractivity contribution >= 4 is 5.91 Å². The summed E-state index contributed by atoms with van der Waals surface area (Å²) in [6.07, 6.45) is 7.38. The van der Waals surface area contributed by atoms with Crippen LogP contribution in [0.5, 0.6) is 0 Å². The van der Waals surface area contributed by atoms with Crippen LogP contribution in [-0.4, -0.2) is 46.3 Å². The molecule has 19 heavy (non-hydrogen) atoms. The van der Waals surface area contributed by atoms with Crippen molar-refractivity contribution < 1.29 is 4.79 Å². The highest BCUT2D eigenvalue weighted by molar-refractivity contribution is 5.76. The first-order valence-corrected chi connectivity index (χ1v) is 7.29. The van der Waals surface area contributed by atoms with Crippen molar-refractivity contribution in [3.63, 3.8) is 0 Å². The van der Waals surface area contributed by atoms with Gasteiger partial charge < -0.3 is 10.2 Å². The molecule has 5 heteroatoms. The number of aromatic nitrogens is 2. The average Bonchev–Trinajstić information content (AvgIpc) is 2.96. The van der Waals surface area contributed by atoms with E-state index in [4.69, 9.17) is 0 Å². The van der Waals surface area contributed by atoms with Gasteiger partial charge in [0.1, 0.15) is 0 Å². The minimum absolute atomic E-state index is 0.268. The first-order valence-electron chi connectivity index (χ1n) is 7.29. The lowest BCUT2D eigenvalue weighted by molar-refractivity contribution is -0.134. The third-order valence-electron chi connectivity index (χ3n) is 3.65. The molecule has 0 aliphatic carbocycles. The molecular weight excluding hydrogens is 240 g/mol. The Balaban J connectivity index is 1.87. The van der Waals surface area contributed by atoms with Crippen molar-refractivity contribution in [1.29, 1.82) is 0 Å². The van der Waals surface area contributed by atoms with Gasteiger partial charge in [-0.15, -0.1) is 0 Å². The quantitative estimate of drug-likeness (QED) is 0.841. The van der Waals surface area contributed by atoms with Gasteiger partial charge in [-0.2, -0.15) is 5.10 Å². The van der Waals surface area contributed by atoms with E-state index < -0.39 is 0 Å². The summed E-state index contributed by atoms with van der Waals surface area (Å²) in [7, 11) is 0. The van der Waals surface area contributed by atoms with Gasteiger partial charge in [0.2, 0.25) is 5.91 Å². The molecule has 0 aromatic carbocycles. The Morgan fingerprint density at radius 3 is 2.89 bits per heavy atom. The molecule has 5 nitrogen and oxygen atoms in total. The summed E-state index contributed by atoms with van der Waals surface area (Å²) in [5, 5.41) is 7.49. The topological polar surface area (TPSA) is 50.2 Å². The van der Waals surface area contributed by atoms with Gasteiger partial charge in [0.25, 0.3) is 0 Å². The molecule has 0 unspecified atom stereocenters. The molecule has 1 aromatic rings. The zero-order valence-electron chi connectivity index (χ0n) is 11.7. The molecule has 0 bridgehead atoms. The Bertz CT molecular complexity index is 371. The number of carbonyl (C=O) groups is 1. The van der Waals surface area contributed by atoms with Gasteiger partial charge in [-0.25, -0.2) is 0 Å². The predicted octanol–water partition coefficient (Wildman–Crippen LogP) is 1.26. The van der Waals surface area contributed by atoms with Crippen molar-refractivity contribution in [3.05, 3.63) is 18.5 Å². The third-order valence-corrected chi connectivity index (χ3v) is 3.65. The molecule has 1 amide bonds. The van der Waals surface area contributed by atoms with E-state index in [1.54, 1.807) is 6.20 Å². The van der Waals surface area contributed by atoms with Crippen molar-refractivity contribution in [2.75, 3.05) is 19.6 Å². The normalized spacial score (nSPS) is 16.5. The third kappa shape index (κ3) is 4.06. The van der Waals surface area contributed by atoms with Crippen LogP contribution < -0.4 is 5.32 Å². The smallest absolute Gasteiger partial charge is 0.224 e. The van der Waals surface area contributed by atoms with E-state index in [2.05, 4.69) is 22.2 Å². The van der Waals surface area contributed by atoms with Crippen molar-refractivity contribution in [2.45, 2.75) is 45.2 Å². The summed E-state index contributed by atoms with van der Waals surface area (Å²) in [6.45, 7) is 5.74. The van der Waals surface area contributed by atoms with Crippen LogP contribution in [0.3, 0.4) is 0 Å². The summed E-state index contributed by atoms with van der Waals surface area (Å²) in [6, 6.07) is 2.31. The zero-order valence-corrected chi connectivity index (χ0v) is 11.7. The van der Waals surface area contributed by atoms with E-state index in [9.17, 15) is 4.79 Å². The number of rotatable bonds is 6. The second-order valence-electron chi connectivity index (χ2n) is 5.09. The Kier molecular flexibility index (Phi) is 5.39. The highest BCUT2D eigenvalue weighted by atomic mass is 16.2. The molecule has 1 aliphatic heterocycles. The van der Waals surface area contributed by atoms with E-state index in [0.29, 0.717) is 19.0 Å². The molecule has 0 radical (unpaired) electrons. The molecule has 1 N–H and O–H groups in total. The number of piperidine rings is 1. The molecule has 106 valence electrons. The van der Waals surface area contributed by atoms with Crippen LogP contribution in [0.4, 0.5) is 0 Å². The van der Waals surface area contributed by atoms with Crippen LogP contribution in [0, 0.1) is 0 Å². The van der Waals surface area contributed by atoms with Crippen LogP contribution in [-0.2, 0) is 11.3 Å². The number of aryl methyl sites for hydroxylation is 1. The van der Waals surface area contributed by atoms with Crippen LogP contribution in [0.1, 0.15) is 32.6 Å². The maximum Gasteiger partial charge on any atom is 0.224 e. The van der Waals surface area contributed by atoms with Gasteiger partial charge in [0.15, 0.2) is 0 Å². The predicted molar refractivity (Wildman–Crippen MR) is 74.7 cm³/mol. The fourth-order valence-electron chi connectivity index (χ4n) is 2.66. The van der Waals surface area contributed by atoms with Crippen LogP contribution >= 0.6 is 0 Å². The number of nitrogens with one attached hydrogen (secondary N) is 1. The van der Waals surface area contributed by atoms with E-state index >= 15 is 0 Å². The maximum atomic E-state index is 12.4. The summed E-state index contributed by atoms with van der Waals surface area (Å²) >= 11 is 0. The van der Waals surface area contributed by atoms with Gasteiger partial charge in [0, 0.05) is 37.9 Å². The number of nitrogens with zero attached hydrogens (tertiary/aromatic N) is 3. The minimum Gasteiger partial charge on any atom is -0.340 e. The Morgan fingerprint density at radius 1 is 1.47 bits per heavy atom. The van der Waals surface area contributed by atoms with E-state index in [1.165, 1.54) is 0 Å². The first-order chi connectivity index (χ1) is 9.31. The van der Waals surface area contributed by atoms with Crippen molar-refractivity contribution in [1.82, 2.24) is 20.0 Å². The SMILES string of the molecule is CCCN(C(=O)CCn1cccn1)C1CCNCC1. The lowest BCUT2D eigenvalue weighted by Crippen LogP contribution is -2.46. The zero-order chi connectivity index (χ0) is 13.5. The van der Waals surface area contributed by atoms with Gasteiger partial charge >= 0.3 is 0 Å². The summed E-state index contributed by atoms with van der Waals surface area (Å²) in [4.78, 5) is 14.5. The molecule has 0 saturated carbocycles. The number of carbonyl (C=O) groups excluding carboxylic acids is 1. The molecule has 2 rings (SSSR count). The Labute approximate surface area is 115 Å². The largest absolute Gasteiger partial charge is 0.340 e. The molecule has 1 aliphatic rings. The van der Waals surface area contributed by atoms with Gasteiger partial charge in [-0.3, -0.25) is 9.48 Å². The summed E-state index contributed by atoms with van der Waals surface area (Å²) < 4.78 is 1.82. The number of hydrogen-bond acceptors (Lipinski definition) is 3. The van der Waals surface area contributed by atoms with Crippen LogP contribution in [0.25, 0.3) is 0 Å². The second-order valence-corrected chi connectivity index (χ2v) is 5.09. The molecular formula is C14H24N4O. The van der Waals surface area contributed by atoms with Crippen molar-refractivity contribution in [2.24, 2.45) is 0 Å². The molecule has 1 fully saturated rings. The van der Waals surface area contributed by atoms with E-state index in [-0.39, 0.29) is 5.91 Å². The Morgan fingerprint density at radius 2 is 2.26 bits per heavy atom. The lowest BCUT2D eigenvalue weighted by Gasteiger charge is -2.34. The molecule has 0 atom stereocenters. The van der Waals surface area contributed by atoms with E-state index in [1.807, 2.05) is 16.9 Å². The summed E-state index contributed by atoms with van der Waals surface area (Å²) in [5.74, 6) is 0.268. The number of hydrogen-bond donors (Lipinski definition) is 1.